The molecule has 4 nitrogen and oxygen atoms in total. The quantitative estimate of drug-likeness (QED) is 0.510. The van der Waals surface area contributed by atoms with Crippen LogP contribution in [0, 0.1) is 6.92 Å². The molecule has 1 N–H and O–H groups in total. The van der Waals surface area contributed by atoms with Crippen molar-refractivity contribution in [2.75, 3.05) is 12.0 Å². The zero-order valence-electron chi connectivity index (χ0n) is 13.7. The fourth-order valence-electron chi connectivity index (χ4n) is 2.28. The van der Waals surface area contributed by atoms with Gasteiger partial charge < -0.3 is 4.74 Å². The van der Waals surface area contributed by atoms with Crippen molar-refractivity contribution in [3.8, 4) is 17.0 Å². The van der Waals surface area contributed by atoms with E-state index in [0.29, 0.717) is 6.61 Å². The number of hydrogen-bond acceptors (Lipinski definition) is 5. The predicted molar refractivity (Wildman–Crippen MR) is 101 cm³/mol. The first-order valence-electron chi connectivity index (χ1n) is 7.79. The minimum atomic E-state index is 0.629. The maximum Gasteiger partial charge on any atom is 0.203 e. The number of aryl methyl sites for hydroxylation is 1. The summed E-state index contributed by atoms with van der Waals surface area (Å²) in [5.41, 5.74) is 7.16. The molecule has 122 valence electrons. The van der Waals surface area contributed by atoms with Gasteiger partial charge in [-0.25, -0.2) is 4.98 Å². The number of aromatic nitrogens is 1. The molecule has 1 heterocycles. The van der Waals surface area contributed by atoms with Crippen molar-refractivity contribution in [2.45, 2.75) is 13.8 Å². The number of ether oxygens (including phenoxy) is 1. The molecule has 0 amide bonds. The van der Waals surface area contributed by atoms with E-state index >= 15 is 0 Å². The minimum Gasteiger partial charge on any atom is -0.493 e. The molecule has 3 aromatic rings. The highest BCUT2D eigenvalue weighted by atomic mass is 32.1. The first-order valence-corrected chi connectivity index (χ1v) is 8.67. The number of rotatable bonds is 6. The summed E-state index contributed by atoms with van der Waals surface area (Å²) >= 11 is 1.53. The summed E-state index contributed by atoms with van der Waals surface area (Å²) in [4.78, 5) is 4.55. The van der Waals surface area contributed by atoms with Crippen molar-refractivity contribution in [1.82, 2.24) is 4.98 Å². The van der Waals surface area contributed by atoms with Gasteiger partial charge in [-0.05, 0) is 26.0 Å². The third kappa shape index (κ3) is 4.00. The molecular weight excluding hydrogens is 318 g/mol. The van der Waals surface area contributed by atoms with Gasteiger partial charge in [-0.15, -0.1) is 11.3 Å². The maximum atomic E-state index is 5.62. The molecular formula is C19H19N3OS. The van der Waals surface area contributed by atoms with Gasteiger partial charge in [0.2, 0.25) is 5.13 Å². The minimum absolute atomic E-state index is 0.629. The van der Waals surface area contributed by atoms with Crippen molar-refractivity contribution < 1.29 is 4.74 Å². The van der Waals surface area contributed by atoms with Crippen LogP contribution in [0.25, 0.3) is 11.3 Å². The summed E-state index contributed by atoms with van der Waals surface area (Å²) in [6, 6.07) is 16.1. The lowest BCUT2D eigenvalue weighted by molar-refractivity contribution is 0.339. The summed E-state index contributed by atoms with van der Waals surface area (Å²) in [5.74, 6) is 0.831. The fraction of sp³-hybridized carbons (Fsp3) is 0.158. The molecule has 0 fully saturated rings. The lowest BCUT2D eigenvalue weighted by Gasteiger charge is -2.07. The van der Waals surface area contributed by atoms with Gasteiger partial charge in [0.05, 0.1) is 18.5 Å². The summed E-state index contributed by atoms with van der Waals surface area (Å²) < 4.78 is 5.62. The van der Waals surface area contributed by atoms with Crippen molar-refractivity contribution in [1.29, 1.82) is 0 Å². The van der Waals surface area contributed by atoms with E-state index in [1.807, 2.05) is 67.8 Å². The predicted octanol–water partition coefficient (Wildman–Crippen LogP) is 4.96. The normalized spacial score (nSPS) is 10.9. The van der Waals surface area contributed by atoms with Gasteiger partial charge in [0.15, 0.2) is 0 Å². The van der Waals surface area contributed by atoms with Crippen LogP contribution in [0.15, 0.2) is 59.0 Å². The molecule has 2 aromatic carbocycles. The molecule has 0 aliphatic heterocycles. The van der Waals surface area contributed by atoms with E-state index in [0.717, 1.165) is 27.7 Å². The van der Waals surface area contributed by atoms with Gasteiger partial charge in [0, 0.05) is 16.5 Å². The highest BCUT2D eigenvalue weighted by Gasteiger charge is 2.04. The second-order valence-corrected chi connectivity index (χ2v) is 6.11. The number of anilines is 1. The van der Waals surface area contributed by atoms with Crippen LogP contribution in [0.5, 0.6) is 5.75 Å². The summed E-state index contributed by atoms with van der Waals surface area (Å²) in [6.07, 6.45) is 1.77. The van der Waals surface area contributed by atoms with Crippen molar-refractivity contribution in [3.63, 3.8) is 0 Å². The number of benzene rings is 2. The topological polar surface area (TPSA) is 46.5 Å². The van der Waals surface area contributed by atoms with E-state index in [1.165, 1.54) is 16.9 Å². The Bertz CT molecular complexity index is 828. The molecule has 1 aromatic heterocycles. The smallest absolute Gasteiger partial charge is 0.203 e. The van der Waals surface area contributed by atoms with Crippen molar-refractivity contribution in [3.05, 3.63) is 65.0 Å². The first-order chi connectivity index (χ1) is 11.8. The molecule has 0 radical (unpaired) electrons. The van der Waals surface area contributed by atoms with Gasteiger partial charge in [0.25, 0.3) is 0 Å². The van der Waals surface area contributed by atoms with E-state index in [-0.39, 0.29) is 0 Å². The number of nitrogens with one attached hydrogen (secondary N) is 1. The van der Waals surface area contributed by atoms with Crippen LogP contribution < -0.4 is 10.2 Å². The van der Waals surface area contributed by atoms with Crippen LogP contribution in [0.1, 0.15) is 18.1 Å². The standard InChI is InChI=1S/C19H19N3OS/c1-3-23-18-10-9-14(2)11-16(18)12-20-22-19-21-17(13-24-19)15-7-5-4-6-8-15/h4-13H,3H2,1-2H3,(H,21,22). The monoisotopic (exact) mass is 337 g/mol. The van der Waals surface area contributed by atoms with E-state index in [1.54, 1.807) is 6.21 Å². The van der Waals surface area contributed by atoms with E-state index < -0.39 is 0 Å². The molecule has 0 aliphatic rings. The van der Waals surface area contributed by atoms with E-state index in [9.17, 15) is 0 Å². The largest absolute Gasteiger partial charge is 0.493 e. The zero-order chi connectivity index (χ0) is 16.8. The molecule has 3 rings (SSSR count). The molecule has 0 unspecified atom stereocenters. The average molecular weight is 337 g/mol. The molecule has 0 aliphatic carbocycles. The molecule has 0 bridgehead atoms. The Labute approximate surface area is 145 Å². The van der Waals surface area contributed by atoms with Crippen LogP contribution in [0.2, 0.25) is 0 Å². The second kappa shape index (κ2) is 7.75. The Kier molecular flexibility index (Phi) is 5.23. The van der Waals surface area contributed by atoms with Crippen LogP contribution in [-0.4, -0.2) is 17.8 Å². The van der Waals surface area contributed by atoms with Gasteiger partial charge in [0.1, 0.15) is 5.75 Å². The fourth-order valence-corrected chi connectivity index (χ4v) is 2.95. The first kappa shape index (κ1) is 16.2. The maximum absolute atomic E-state index is 5.62. The Morgan fingerprint density at radius 2 is 2.04 bits per heavy atom. The zero-order valence-corrected chi connectivity index (χ0v) is 14.5. The molecule has 0 atom stereocenters. The van der Waals surface area contributed by atoms with Crippen LogP contribution in [0.4, 0.5) is 5.13 Å². The molecule has 0 spiro atoms. The highest BCUT2D eigenvalue weighted by molar-refractivity contribution is 7.14. The number of nitrogens with zero attached hydrogens (tertiary/aromatic N) is 2. The lowest BCUT2D eigenvalue weighted by Crippen LogP contribution is -1.98. The number of hydrogen-bond donors (Lipinski definition) is 1. The molecule has 5 heteroatoms. The van der Waals surface area contributed by atoms with Gasteiger partial charge in [-0.3, -0.25) is 5.43 Å². The average Bonchev–Trinajstić information content (AvgIpc) is 3.07. The van der Waals surface area contributed by atoms with Crippen molar-refractivity contribution in [2.24, 2.45) is 5.10 Å². The van der Waals surface area contributed by atoms with Crippen LogP contribution in [0.3, 0.4) is 0 Å². The third-order valence-corrected chi connectivity index (χ3v) is 4.15. The summed E-state index contributed by atoms with van der Waals surface area (Å²) in [5, 5.41) is 7.08. The Hall–Kier alpha value is -2.66. The van der Waals surface area contributed by atoms with Gasteiger partial charge in [-0.2, -0.15) is 5.10 Å². The van der Waals surface area contributed by atoms with Crippen molar-refractivity contribution >= 4 is 22.7 Å². The Morgan fingerprint density at radius 1 is 1.21 bits per heavy atom. The second-order valence-electron chi connectivity index (χ2n) is 5.25. The molecule has 24 heavy (non-hydrogen) atoms. The lowest BCUT2D eigenvalue weighted by atomic mass is 10.1. The number of thiazole rings is 1. The molecule has 0 saturated carbocycles. The van der Waals surface area contributed by atoms with Gasteiger partial charge >= 0.3 is 0 Å². The Balaban J connectivity index is 1.71. The third-order valence-electron chi connectivity index (χ3n) is 3.40. The summed E-state index contributed by atoms with van der Waals surface area (Å²) in [7, 11) is 0. The van der Waals surface area contributed by atoms with Crippen LogP contribution >= 0.6 is 11.3 Å². The SMILES string of the molecule is CCOc1ccc(C)cc1C=NNc1nc(-c2ccccc2)cs1. The molecule has 0 saturated heterocycles. The van der Waals surface area contributed by atoms with Gasteiger partial charge in [-0.1, -0.05) is 42.0 Å². The highest BCUT2D eigenvalue weighted by Crippen LogP contribution is 2.24. The van der Waals surface area contributed by atoms with E-state index in [4.69, 9.17) is 4.74 Å². The summed E-state index contributed by atoms with van der Waals surface area (Å²) in [6.45, 7) is 4.65. The van der Waals surface area contributed by atoms with E-state index in [2.05, 4.69) is 15.5 Å². The van der Waals surface area contributed by atoms with Crippen LogP contribution in [-0.2, 0) is 0 Å². The number of hydrazone groups is 1. The Morgan fingerprint density at radius 3 is 2.83 bits per heavy atom.